The third kappa shape index (κ3) is 2.80. The highest BCUT2D eigenvalue weighted by atomic mass is 14.6. The molecule has 0 bridgehead atoms. The van der Waals surface area contributed by atoms with Gasteiger partial charge in [0.05, 0.1) is 0 Å². The topological polar surface area (TPSA) is 52.0 Å². The summed E-state index contributed by atoms with van der Waals surface area (Å²) < 4.78 is 0. The van der Waals surface area contributed by atoms with Crippen molar-refractivity contribution in [3.8, 4) is 0 Å². The summed E-state index contributed by atoms with van der Waals surface area (Å²) in [5.41, 5.74) is 14.1. The molecule has 84 valence electrons. The van der Waals surface area contributed by atoms with Crippen LogP contribution in [-0.2, 0) is 5.41 Å². The maximum Gasteiger partial charge on any atom is 0.00191 e. The lowest BCUT2D eigenvalue weighted by Crippen LogP contribution is -2.28. The summed E-state index contributed by atoms with van der Waals surface area (Å²) in [5.74, 6) is 0.415. The van der Waals surface area contributed by atoms with E-state index in [0.29, 0.717) is 19.0 Å². The van der Waals surface area contributed by atoms with Crippen molar-refractivity contribution >= 4 is 0 Å². The largest absolute Gasteiger partial charge is 0.330 e. The lowest BCUT2D eigenvalue weighted by Gasteiger charge is -2.24. The van der Waals surface area contributed by atoms with Crippen molar-refractivity contribution in [3.05, 3.63) is 35.4 Å². The molecule has 1 unspecified atom stereocenters. The van der Waals surface area contributed by atoms with Gasteiger partial charge in [0.2, 0.25) is 0 Å². The maximum absolute atomic E-state index is 5.77. The Bertz CT molecular complexity index is 318. The van der Waals surface area contributed by atoms with E-state index in [0.717, 1.165) is 0 Å². The molecule has 2 nitrogen and oxygen atoms in total. The maximum atomic E-state index is 5.77. The SMILES string of the molecule is CC(CN)c1cccc(C(C)(C)CN)c1. The van der Waals surface area contributed by atoms with Crippen LogP contribution in [0.3, 0.4) is 0 Å². The van der Waals surface area contributed by atoms with Gasteiger partial charge in [-0.25, -0.2) is 0 Å². The normalized spacial score (nSPS) is 13.9. The van der Waals surface area contributed by atoms with Gasteiger partial charge in [-0.15, -0.1) is 0 Å². The summed E-state index contributed by atoms with van der Waals surface area (Å²) in [5, 5.41) is 0. The molecule has 0 aliphatic carbocycles. The summed E-state index contributed by atoms with van der Waals surface area (Å²) in [7, 11) is 0. The number of benzene rings is 1. The molecule has 0 fully saturated rings. The van der Waals surface area contributed by atoms with E-state index in [1.807, 2.05) is 0 Å². The Morgan fingerprint density at radius 1 is 1.27 bits per heavy atom. The second-order valence-electron chi connectivity index (χ2n) is 4.85. The second kappa shape index (κ2) is 4.77. The fourth-order valence-electron chi connectivity index (χ4n) is 1.52. The van der Waals surface area contributed by atoms with E-state index >= 15 is 0 Å². The molecule has 0 saturated heterocycles. The average molecular weight is 206 g/mol. The van der Waals surface area contributed by atoms with Crippen LogP contribution in [0.5, 0.6) is 0 Å². The molecule has 0 spiro atoms. The Kier molecular flexibility index (Phi) is 3.89. The number of hydrogen-bond donors (Lipinski definition) is 2. The van der Waals surface area contributed by atoms with Crippen molar-refractivity contribution in [1.82, 2.24) is 0 Å². The predicted octanol–water partition coefficient (Wildman–Crippen LogP) is 1.99. The van der Waals surface area contributed by atoms with Crippen LogP contribution >= 0.6 is 0 Å². The van der Waals surface area contributed by atoms with Gasteiger partial charge in [0.25, 0.3) is 0 Å². The third-order valence-electron chi connectivity index (χ3n) is 3.10. The molecular formula is C13H22N2. The molecule has 15 heavy (non-hydrogen) atoms. The fraction of sp³-hybridized carbons (Fsp3) is 0.538. The number of hydrogen-bond acceptors (Lipinski definition) is 2. The first-order valence-corrected chi connectivity index (χ1v) is 5.52. The highest BCUT2D eigenvalue weighted by Gasteiger charge is 2.19. The predicted molar refractivity (Wildman–Crippen MR) is 66.0 cm³/mol. The summed E-state index contributed by atoms with van der Waals surface area (Å²) in [6, 6.07) is 8.59. The van der Waals surface area contributed by atoms with E-state index in [9.17, 15) is 0 Å². The van der Waals surface area contributed by atoms with Crippen molar-refractivity contribution in [2.75, 3.05) is 13.1 Å². The quantitative estimate of drug-likeness (QED) is 0.791. The van der Waals surface area contributed by atoms with Gasteiger partial charge in [0, 0.05) is 12.0 Å². The van der Waals surface area contributed by atoms with Crippen LogP contribution < -0.4 is 11.5 Å². The van der Waals surface area contributed by atoms with Crippen molar-refractivity contribution in [3.63, 3.8) is 0 Å². The van der Waals surface area contributed by atoms with Crippen LogP contribution in [0.15, 0.2) is 24.3 Å². The lowest BCUT2D eigenvalue weighted by atomic mass is 9.83. The molecule has 1 aromatic rings. The van der Waals surface area contributed by atoms with Gasteiger partial charge in [-0.05, 0) is 23.6 Å². The molecule has 1 atom stereocenters. The molecule has 2 heteroatoms. The first kappa shape index (κ1) is 12.2. The smallest absolute Gasteiger partial charge is 0.00191 e. The molecule has 1 aromatic carbocycles. The highest BCUT2D eigenvalue weighted by molar-refractivity contribution is 5.31. The number of rotatable bonds is 4. The van der Waals surface area contributed by atoms with Crippen LogP contribution in [0.25, 0.3) is 0 Å². The Morgan fingerprint density at radius 3 is 2.47 bits per heavy atom. The summed E-state index contributed by atoms with van der Waals surface area (Å²) in [6.45, 7) is 7.83. The molecule has 0 aromatic heterocycles. The van der Waals surface area contributed by atoms with E-state index in [1.165, 1.54) is 11.1 Å². The Balaban J connectivity index is 3.02. The molecule has 0 aliphatic heterocycles. The van der Waals surface area contributed by atoms with Crippen LogP contribution in [-0.4, -0.2) is 13.1 Å². The molecule has 0 heterocycles. The van der Waals surface area contributed by atoms with E-state index in [-0.39, 0.29) is 5.41 Å². The Hall–Kier alpha value is -0.860. The summed E-state index contributed by atoms with van der Waals surface area (Å²) in [6.07, 6.45) is 0. The van der Waals surface area contributed by atoms with E-state index in [1.54, 1.807) is 0 Å². The van der Waals surface area contributed by atoms with Crippen LogP contribution in [0.2, 0.25) is 0 Å². The lowest BCUT2D eigenvalue weighted by molar-refractivity contribution is 0.537. The Labute approximate surface area is 92.7 Å². The van der Waals surface area contributed by atoms with Crippen molar-refractivity contribution in [2.24, 2.45) is 11.5 Å². The molecular weight excluding hydrogens is 184 g/mol. The molecule has 0 saturated carbocycles. The molecule has 0 radical (unpaired) electrons. The average Bonchev–Trinajstić information content (AvgIpc) is 2.28. The monoisotopic (exact) mass is 206 g/mol. The van der Waals surface area contributed by atoms with Gasteiger partial charge in [0.15, 0.2) is 0 Å². The summed E-state index contributed by atoms with van der Waals surface area (Å²) in [4.78, 5) is 0. The van der Waals surface area contributed by atoms with Crippen LogP contribution in [0.1, 0.15) is 37.8 Å². The van der Waals surface area contributed by atoms with Gasteiger partial charge in [-0.2, -0.15) is 0 Å². The number of nitrogens with two attached hydrogens (primary N) is 2. The van der Waals surface area contributed by atoms with Crippen LogP contribution in [0.4, 0.5) is 0 Å². The first-order valence-electron chi connectivity index (χ1n) is 5.52. The van der Waals surface area contributed by atoms with E-state index < -0.39 is 0 Å². The Morgan fingerprint density at radius 2 is 1.93 bits per heavy atom. The minimum Gasteiger partial charge on any atom is -0.330 e. The van der Waals surface area contributed by atoms with Gasteiger partial charge >= 0.3 is 0 Å². The first-order chi connectivity index (χ1) is 7.01. The van der Waals surface area contributed by atoms with Gasteiger partial charge in [-0.3, -0.25) is 0 Å². The standard InChI is InChI=1S/C13H22N2/c1-10(8-14)11-5-4-6-12(7-11)13(2,3)9-15/h4-7,10H,8-9,14-15H2,1-3H3. The zero-order valence-corrected chi connectivity index (χ0v) is 9.96. The summed E-state index contributed by atoms with van der Waals surface area (Å²) >= 11 is 0. The van der Waals surface area contributed by atoms with Gasteiger partial charge in [-0.1, -0.05) is 45.0 Å². The second-order valence-corrected chi connectivity index (χ2v) is 4.85. The molecule has 4 N–H and O–H groups in total. The van der Waals surface area contributed by atoms with Crippen molar-refractivity contribution in [2.45, 2.75) is 32.1 Å². The van der Waals surface area contributed by atoms with Crippen LogP contribution in [0, 0.1) is 0 Å². The van der Waals surface area contributed by atoms with Gasteiger partial charge < -0.3 is 11.5 Å². The zero-order chi connectivity index (χ0) is 11.5. The molecule has 0 aliphatic rings. The molecule has 0 amide bonds. The fourth-order valence-corrected chi connectivity index (χ4v) is 1.52. The minimum absolute atomic E-state index is 0.0460. The van der Waals surface area contributed by atoms with E-state index in [4.69, 9.17) is 11.5 Å². The van der Waals surface area contributed by atoms with E-state index in [2.05, 4.69) is 45.0 Å². The van der Waals surface area contributed by atoms with Crippen molar-refractivity contribution in [1.29, 1.82) is 0 Å². The minimum atomic E-state index is 0.0460. The zero-order valence-electron chi connectivity index (χ0n) is 9.96. The van der Waals surface area contributed by atoms with Gasteiger partial charge in [0.1, 0.15) is 0 Å². The van der Waals surface area contributed by atoms with Crippen molar-refractivity contribution < 1.29 is 0 Å². The highest BCUT2D eigenvalue weighted by Crippen LogP contribution is 2.25. The third-order valence-corrected chi connectivity index (χ3v) is 3.10. The molecule has 1 rings (SSSR count).